The SMILES string of the molecule is COc1ccc([C@H](C)NC(=O)CN(c2cccc(Cl)c2Cl)S(=O)(=O)c2ccccc2)cc1OC. The predicted molar refractivity (Wildman–Crippen MR) is 134 cm³/mol. The second kappa shape index (κ2) is 11.0. The third-order valence-corrected chi connectivity index (χ3v) is 7.69. The highest BCUT2D eigenvalue weighted by atomic mass is 35.5. The number of nitrogens with one attached hydrogen (secondary N) is 1. The molecule has 0 radical (unpaired) electrons. The first-order valence-corrected chi connectivity index (χ1v) is 12.4. The molecule has 0 bridgehead atoms. The lowest BCUT2D eigenvalue weighted by Crippen LogP contribution is -2.41. The lowest BCUT2D eigenvalue weighted by Gasteiger charge is -2.26. The molecule has 7 nitrogen and oxygen atoms in total. The van der Waals surface area contributed by atoms with Crippen LogP contribution in [-0.2, 0) is 14.8 Å². The number of amides is 1. The number of nitrogens with zero attached hydrogens (tertiary/aromatic N) is 1. The summed E-state index contributed by atoms with van der Waals surface area (Å²) in [5, 5.41) is 3.03. The summed E-state index contributed by atoms with van der Waals surface area (Å²) in [5.74, 6) is 0.540. The topological polar surface area (TPSA) is 84.9 Å². The normalized spacial score (nSPS) is 12.0. The molecule has 0 unspecified atom stereocenters. The van der Waals surface area contributed by atoms with Gasteiger partial charge in [0.1, 0.15) is 6.54 Å². The van der Waals surface area contributed by atoms with Crippen LogP contribution in [0.3, 0.4) is 0 Å². The van der Waals surface area contributed by atoms with Gasteiger partial charge in [0.2, 0.25) is 5.91 Å². The number of halogens is 2. The molecule has 34 heavy (non-hydrogen) atoms. The highest BCUT2D eigenvalue weighted by Gasteiger charge is 2.29. The van der Waals surface area contributed by atoms with E-state index in [9.17, 15) is 13.2 Å². The van der Waals surface area contributed by atoms with E-state index in [4.69, 9.17) is 32.7 Å². The molecule has 0 fully saturated rings. The zero-order chi connectivity index (χ0) is 24.9. The molecule has 0 heterocycles. The van der Waals surface area contributed by atoms with E-state index < -0.39 is 28.5 Å². The summed E-state index contributed by atoms with van der Waals surface area (Å²) in [7, 11) is -1.06. The number of rotatable bonds is 9. The fourth-order valence-electron chi connectivity index (χ4n) is 3.33. The Hall–Kier alpha value is -2.94. The summed E-state index contributed by atoms with van der Waals surface area (Å²) in [5.41, 5.74) is 0.858. The first kappa shape index (κ1) is 25.7. The summed E-state index contributed by atoms with van der Waals surface area (Å²) in [6.07, 6.45) is 0. The minimum absolute atomic E-state index is 0.0202. The van der Waals surface area contributed by atoms with Crippen LogP contribution in [0.25, 0.3) is 0 Å². The quantitative estimate of drug-likeness (QED) is 0.423. The Balaban J connectivity index is 1.91. The first-order valence-electron chi connectivity index (χ1n) is 10.2. The van der Waals surface area contributed by atoms with E-state index in [-0.39, 0.29) is 20.6 Å². The van der Waals surface area contributed by atoms with Crippen LogP contribution in [0.2, 0.25) is 10.0 Å². The Kier molecular flexibility index (Phi) is 8.30. The van der Waals surface area contributed by atoms with Crippen molar-refractivity contribution in [2.75, 3.05) is 25.1 Å². The van der Waals surface area contributed by atoms with E-state index in [2.05, 4.69) is 5.32 Å². The molecule has 0 aliphatic heterocycles. The molecule has 0 spiro atoms. The third kappa shape index (κ3) is 5.58. The van der Waals surface area contributed by atoms with E-state index in [1.165, 1.54) is 32.4 Å². The zero-order valence-corrected chi connectivity index (χ0v) is 21.1. The molecule has 10 heteroatoms. The molecule has 3 aromatic rings. The zero-order valence-electron chi connectivity index (χ0n) is 18.8. The Morgan fingerprint density at radius 1 is 0.971 bits per heavy atom. The third-order valence-electron chi connectivity index (χ3n) is 5.10. The number of sulfonamides is 1. The molecule has 0 saturated carbocycles. The number of hydrogen-bond donors (Lipinski definition) is 1. The van der Waals surface area contributed by atoms with Crippen LogP contribution < -0.4 is 19.1 Å². The Morgan fingerprint density at radius 3 is 2.29 bits per heavy atom. The maximum atomic E-state index is 13.5. The fraction of sp³-hybridized carbons (Fsp3) is 0.208. The molecule has 0 saturated heterocycles. The number of carbonyl (C=O) groups excluding carboxylic acids is 1. The number of hydrogen-bond acceptors (Lipinski definition) is 5. The predicted octanol–water partition coefficient (Wildman–Crippen LogP) is 5.08. The van der Waals surface area contributed by atoms with Crippen molar-refractivity contribution < 1.29 is 22.7 Å². The minimum Gasteiger partial charge on any atom is -0.493 e. The van der Waals surface area contributed by atoms with Crippen molar-refractivity contribution in [1.29, 1.82) is 0 Å². The molecule has 0 aromatic heterocycles. The Morgan fingerprint density at radius 2 is 1.65 bits per heavy atom. The Bertz CT molecular complexity index is 1270. The summed E-state index contributed by atoms with van der Waals surface area (Å²) < 4.78 is 38.4. The van der Waals surface area contributed by atoms with Crippen LogP contribution in [0.1, 0.15) is 18.5 Å². The molecular formula is C24H24Cl2N2O5S. The maximum absolute atomic E-state index is 13.5. The van der Waals surface area contributed by atoms with E-state index in [1.54, 1.807) is 55.5 Å². The van der Waals surface area contributed by atoms with Gasteiger partial charge in [-0.3, -0.25) is 9.10 Å². The van der Waals surface area contributed by atoms with Crippen LogP contribution >= 0.6 is 23.2 Å². The fourth-order valence-corrected chi connectivity index (χ4v) is 5.23. The number of benzene rings is 3. The van der Waals surface area contributed by atoms with Gasteiger partial charge < -0.3 is 14.8 Å². The standard InChI is InChI=1S/C24H24Cl2N2O5S/c1-16(17-12-13-21(32-2)22(14-17)33-3)27-23(29)15-28(20-11-7-10-19(25)24(20)26)34(30,31)18-8-5-4-6-9-18/h4-14,16H,15H2,1-3H3,(H,27,29)/t16-/m0/s1. The van der Waals surface area contributed by atoms with Gasteiger partial charge in [0.25, 0.3) is 10.0 Å². The second-order valence-electron chi connectivity index (χ2n) is 7.30. The van der Waals surface area contributed by atoms with Gasteiger partial charge in [-0.1, -0.05) is 53.5 Å². The van der Waals surface area contributed by atoms with Gasteiger partial charge in [-0.15, -0.1) is 0 Å². The van der Waals surface area contributed by atoms with E-state index in [1.807, 2.05) is 0 Å². The van der Waals surface area contributed by atoms with Crippen LogP contribution in [0.15, 0.2) is 71.6 Å². The van der Waals surface area contributed by atoms with Crippen molar-refractivity contribution in [2.45, 2.75) is 17.9 Å². The largest absolute Gasteiger partial charge is 0.493 e. The number of methoxy groups -OCH3 is 2. The number of anilines is 1. The molecule has 1 N–H and O–H groups in total. The van der Waals surface area contributed by atoms with Crippen LogP contribution in [0.4, 0.5) is 5.69 Å². The van der Waals surface area contributed by atoms with Crippen molar-refractivity contribution in [3.63, 3.8) is 0 Å². The van der Waals surface area contributed by atoms with Gasteiger partial charge in [-0.25, -0.2) is 8.42 Å². The maximum Gasteiger partial charge on any atom is 0.264 e. The van der Waals surface area contributed by atoms with Gasteiger partial charge in [0.05, 0.1) is 40.9 Å². The second-order valence-corrected chi connectivity index (χ2v) is 9.95. The van der Waals surface area contributed by atoms with Gasteiger partial charge in [-0.05, 0) is 48.9 Å². The summed E-state index contributed by atoms with van der Waals surface area (Å²) in [6, 6.07) is 17.2. The smallest absolute Gasteiger partial charge is 0.264 e. The van der Waals surface area contributed by atoms with Crippen LogP contribution in [0, 0.1) is 0 Å². The monoisotopic (exact) mass is 522 g/mol. The van der Waals surface area contributed by atoms with E-state index >= 15 is 0 Å². The van der Waals surface area contributed by atoms with E-state index in [0.29, 0.717) is 11.5 Å². The van der Waals surface area contributed by atoms with Crippen molar-refractivity contribution in [3.8, 4) is 11.5 Å². The summed E-state index contributed by atoms with van der Waals surface area (Å²) in [4.78, 5) is 13.0. The lowest BCUT2D eigenvalue weighted by molar-refractivity contribution is -0.120. The summed E-state index contributed by atoms with van der Waals surface area (Å²) >= 11 is 12.5. The van der Waals surface area contributed by atoms with Gasteiger partial charge in [-0.2, -0.15) is 0 Å². The lowest BCUT2D eigenvalue weighted by atomic mass is 10.1. The molecule has 3 rings (SSSR count). The first-order chi connectivity index (χ1) is 16.2. The highest BCUT2D eigenvalue weighted by Crippen LogP contribution is 2.35. The molecule has 0 aliphatic carbocycles. The van der Waals surface area contributed by atoms with Crippen LogP contribution in [0.5, 0.6) is 11.5 Å². The van der Waals surface area contributed by atoms with Gasteiger partial charge in [0.15, 0.2) is 11.5 Å². The molecule has 0 aliphatic rings. The highest BCUT2D eigenvalue weighted by molar-refractivity contribution is 7.92. The van der Waals surface area contributed by atoms with Gasteiger partial charge >= 0.3 is 0 Å². The van der Waals surface area contributed by atoms with Crippen LogP contribution in [-0.4, -0.2) is 35.1 Å². The number of carbonyl (C=O) groups is 1. The molecule has 1 atom stereocenters. The van der Waals surface area contributed by atoms with Crippen molar-refractivity contribution in [2.24, 2.45) is 0 Å². The molecule has 1 amide bonds. The molecular weight excluding hydrogens is 499 g/mol. The van der Waals surface area contributed by atoms with Crippen molar-refractivity contribution in [3.05, 3.63) is 82.3 Å². The van der Waals surface area contributed by atoms with E-state index in [0.717, 1.165) is 9.87 Å². The molecule has 180 valence electrons. The van der Waals surface area contributed by atoms with Crippen molar-refractivity contribution >= 4 is 44.8 Å². The van der Waals surface area contributed by atoms with Crippen molar-refractivity contribution in [1.82, 2.24) is 5.32 Å². The number of ether oxygens (including phenoxy) is 2. The summed E-state index contributed by atoms with van der Waals surface area (Å²) in [6.45, 7) is 1.27. The Labute approximate surface area is 209 Å². The average Bonchev–Trinajstić information content (AvgIpc) is 2.84. The molecule has 3 aromatic carbocycles. The van der Waals surface area contributed by atoms with Gasteiger partial charge in [0, 0.05) is 0 Å². The minimum atomic E-state index is -4.12. The average molecular weight is 523 g/mol.